The molecule has 0 saturated heterocycles. The summed E-state index contributed by atoms with van der Waals surface area (Å²) < 4.78 is 10.7. The van der Waals surface area contributed by atoms with Crippen LogP contribution in [0.3, 0.4) is 0 Å². The van der Waals surface area contributed by atoms with Crippen molar-refractivity contribution in [3.63, 3.8) is 0 Å². The van der Waals surface area contributed by atoms with Crippen molar-refractivity contribution < 1.29 is 14.3 Å². The monoisotopic (exact) mass is 332 g/mol. The molecule has 7 nitrogen and oxygen atoms in total. The van der Waals surface area contributed by atoms with Gasteiger partial charge in [-0.2, -0.15) is 0 Å². The maximum atomic E-state index is 11.6. The van der Waals surface area contributed by atoms with Gasteiger partial charge in [-0.3, -0.25) is 4.79 Å². The van der Waals surface area contributed by atoms with E-state index < -0.39 is 0 Å². The molecule has 0 fully saturated rings. The molecule has 1 aromatic rings. The minimum Gasteiger partial charge on any atom is -0.454 e. The smallest absolute Gasteiger partial charge is 0.243 e. The van der Waals surface area contributed by atoms with Crippen LogP contribution in [0.15, 0.2) is 35.8 Å². The van der Waals surface area contributed by atoms with Crippen molar-refractivity contribution in [2.24, 2.45) is 4.99 Å². The molecule has 0 aliphatic carbocycles. The number of hydrogen-bond acceptors (Lipinski definition) is 4. The molecule has 130 valence electrons. The second-order valence-corrected chi connectivity index (χ2v) is 5.49. The maximum Gasteiger partial charge on any atom is 0.243 e. The van der Waals surface area contributed by atoms with Crippen LogP contribution < -0.4 is 20.1 Å². The number of nitrogens with zero attached hydrogens (tertiary/aromatic N) is 2. The Morgan fingerprint density at radius 3 is 2.88 bits per heavy atom. The Bertz CT molecular complexity index is 614. The van der Waals surface area contributed by atoms with E-state index in [9.17, 15) is 4.79 Å². The number of benzene rings is 1. The molecular weight excluding hydrogens is 308 g/mol. The van der Waals surface area contributed by atoms with E-state index in [2.05, 4.69) is 22.2 Å². The molecule has 1 aliphatic rings. The first-order valence-corrected chi connectivity index (χ1v) is 7.82. The summed E-state index contributed by atoms with van der Waals surface area (Å²) in [4.78, 5) is 17.4. The van der Waals surface area contributed by atoms with E-state index in [0.717, 1.165) is 23.5 Å². The topological polar surface area (TPSA) is 75.2 Å². The van der Waals surface area contributed by atoms with Gasteiger partial charge in [0.05, 0.1) is 0 Å². The fraction of sp³-hybridized carbons (Fsp3) is 0.412. The maximum absolute atomic E-state index is 11.6. The zero-order chi connectivity index (χ0) is 17.4. The fourth-order valence-electron chi connectivity index (χ4n) is 2.05. The second-order valence-electron chi connectivity index (χ2n) is 5.49. The zero-order valence-electron chi connectivity index (χ0n) is 14.2. The van der Waals surface area contributed by atoms with Gasteiger partial charge in [0, 0.05) is 27.2 Å². The van der Waals surface area contributed by atoms with Gasteiger partial charge in [-0.25, -0.2) is 4.99 Å². The van der Waals surface area contributed by atoms with E-state index in [1.54, 1.807) is 20.2 Å². The number of likely N-dealkylation sites (N-methyl/N-ethyl adjacent to an activating group) is 1. The fourth-order valence-corrected chi connectivity index (χ4v) is 2.05. The first-order chi connectivity index (χ1) is 11.6. The molecular formula is C17H24N4O3. The highest BCUT2D eigenvalue weighted by molar-refractivity contribution is 5.84. The van der Waals surface area contributed by atoms with Crippen molar-refractivity contribution >= 4 is 11.9 Å². The number of fused-ring (bicyclic) bond motifs is 1. The summed E-state index contributed by atoms with van der Waals surface area (Å²) in [6.45, 7) is 5.30. The summed E-state index contributed by atoms with van der Waals surface area (Å²) >= 11 is 0. The van der Waals surface area contributed by atoms with Crippen molar-refractivity contribution in [2.45, 2.75) is 6.42 Å². The van der Waals surface area contributed by atoms with Crippen molar-refractivity contribution in [3.05, 3.63) is 36.4 Å². The number of ether oxygens (including phenoxy) is 2. The van der Waals surface area contributed by atoms with Crippen LogP contribution in [0.25, 0.3) is 0 Å². The van der Waals surface area contributed by atoms with Gasteiger partial charge in [0.25, 0.3) is 0 Å². The van der Waals surface area contributed by atoms with Crippen LogP contribution in [-0.4, -0.2) is 57.3 Å². The lowest BCUT2D eigenvalue weighted by Crippen LogP contribution is -2.39. The highest BCUT2D eigenvalue weighted by Gasteiger charge is 2.13. The lowest BCUT2D eigenvalue weighted by molar-refractivity contribution is -0.127. The molecule has 0 saturated carbocycles. The third-order valence-corrected chi connectivity index (χ3v) is 3.43. The van der Waals surface area contributed by atoms with Gasteiger partial charge in [0.15, 0.2) is 17.5 Å². The molecule has 1 aromatic carbocycles. The number of nitrogens with one attached hydrogen (secondary N) is 2. The standard InChI is InChI=1S/C17H24N4O3/c1-4-8-18-17(20-11-16(22)21(2)3)19-9-7-13-5-6-14-15(10-13)24-12-23-14/h4-6,10H,1,7-9,11-12H2,2-3H3,(H2,18,19,20). The van der Waals surface area contributed by atoms with Gasteiger partial charge >= 0.3 is 0 Å². The number of amides is 1. The Morgan fingerprint density at radius 1 is 1.33 bits per heavy atom. The van der Waals surface area contributed by atoms with Crippen molar-refractivity contribution in [2.75, 3.05) is 40.5 Å². The number of guanidine groups is 1. The lowest BCUT2D eigenvalue weighted by Gasteiger charge is -2.13. The van der Waals surface area contributed by atoms with Gasteiger partial charge in [-0.15, -0.1) is 6.58 Å². The van der Waals surface area contributed by atoms with E-state index in [1.807, 2.05) is 18.2 Å². The number of carbonyl (C=O) groups is 1. The Labute approximate surface area is 142 Å². The predicted octanol–water partition coefficient (Wildman–Crippen LogP) is 0.767. The van der Waals surface area contributed by atoms with Crippen LogP contribution >= 0.6 is 0 Å². The predicted molar refractivity (Wildman–Crippen MR) is 93.5 cm³/mol. The van der Waals surface area contributed by atoms with Crippen LogP contribution in [0.4, 0.5) is 0 Å². The van der Waals surface area contributed by atoms with Gasteiger partial charge in [-0.05, 0) is 24.1 Å². The molecule has 1 aliphatic heterocycles. The van der Waals surface area contributed by atoms with Crippen LogP contribution in [0.5, 0.6) is 11.5 Å². The van der Waals surface area contributed by atoms with E-state index in [4.69, 9.17) is 9.47 Å². The van der Waals surface area contributed by atoms with Gasteiger partial charge in [-0.1, -0.05) is 12.1 Å². The first-order valence-electron chi connectivity index (χ1n) is 7.82. The molecule has 1 heterocycles. The normalized spacial score (nSPS) is 12.7. The average Bonchev–Trinajstić information content (AvgIpc) is 3.04. The van der Waals surface area contributed by atoms with Gasteiger partial charge in [0.1, 0.15) is 6.54 Å². The van der Waals surface area contributed by atoms with Crippen molar-refractivity contribution in [3.8, 4) is 11.5 Å². The second kappa shape index (κ2) is 8.81. The molecule has 0 aromatic heterocycles. The first kappa shape index (κ1) is 17.7. The quantitative estimate of drug-likeness (QED) is 0.438. The van der Waals surface area contributed by atoms with Gasteiger partial charge in [0.2, 0.25) is 12.7 Å². The van der Waals surface area contributed by atoms with Gasteiger partial charge < -0.3 is 25.0 Å². The van der Waals surface area contributed by atoms with E-state index in [-0.39, 0.29) is 19.2 Å². The van der Waals surface area contributed by atoms with E-state index in [1.165, 1.54) is 4.90 Å². The molecule has 24 heavy (non-hydrogen) atoms. The van der Waals surface area contributed by atoms with Crippen LogP contribution in [0.2, 0.25) is 0 Å². The highest BCUT2D eigenvalue weighted by Crippen LogP contribution is 2.32. The largest absolute Gasteiger partial charge is 0.454 e. The summed E-state index contributed by atoms with van der Waals surface area (Å²) in [5, 5.41) is 6.31. The SMILES string of the molecule is C=CCNC(=NCC(=O)N(C)C)NCCc1ccc2c(c1)OCO2. The summed E-state index contributed by atoms with van der Waals surface area (Å²) in [5.41, 5.74) is 1.14. The summed E-state index contributed by atoms with van der Waals surface area (Å²) in [5.74, 6) is 2.10. The van der Waals surface area contributed by atoms with Crippen LogP contribution in [0.1, 0.15) is 5.56 Å². The molecule has 7 heteroatoms. The lowest BCUT2D eigenvalue weighted by atomic mass is 10.1. The minimum absolute atomic E-state index is 0.0505. The molecule has 0 radical (unpaired) electrons. The Hall–Kier alpha value is -2.70. The minimum atomic E-state index is -0.0505. The van der Waals surface area contributed by atoms with Crippen molar-refractivity contribution in [1.29, 1.82) is 0 Å². The zero-order valence-corrected chi connectivity index (χ0v) is 14.2. The Morgan fingerprint density at radius 2 is 2.12 bits per heavy atom. The molecule has 2 rings (SSSR count). The van der Waals surface area contributed by atoms with Crippen LogP contribution in [0, 0.1) is 0 Å². The van der Waals surface area contributed by atoms with E-state index in [0.29, 0.717) is 19.0 Å². The third-order valence-electron chi connectivity index (χ3n) is 3.43. The molecule has 0 unspecified atom stereocenters. The molecule has 2 N–H and O–H groups in total. The number of hydrogen-bond donors (Lipinski definition) is 2. The Kier molecular flexibility index (Phi) is 6.48. The Balaban J connectivity index is 1.86. The molecule has 0 bridgehead atoms. The number of rotatable bonds is 7. The molecule has 0 spiro atoms. The summed E-state index contributed by atoms with van der Waals surface area (Å²) in [6, 6.07) is 5.91. The van der Waals surface area contributed by atoms with Crippen molar-refractivity contribution in [1.82, 2.24) is 15.5 Å². The van der Waals surface area contributed by atoms with E-state index >= 15 is 0 Å². The summed E-state index contributed by atoms with van der Waals surface area (Å²) in [6.07, 6.45) is 2.54. The highest BCUT2D eigenvalue weighted by atomic mass is 16.7. The number of aliphatic imine (C=N–C) groups is 1. The third kappa shape index (κ3) is 5.19. The average molecular weight is 332 g/mol. The molecule has 0 atom stereocenters. The summed E-state index contributed by atoms with van der Waals surface area (Å²) in [7, 11) is 3.42. The number of carbonyl (C=O) groups excluding carboxylic acids is 1. The molecule has 1 amide bonds. The van der Waals surface area contributed by atoms with Crippen LogP contribution in [-0.2, 0) is 11.2 Å².